The lowest BCUT2D eigenvalue weighted by molar-refractivity contribution is -0.143. The number of aromatic hydroxyl groups is 1. The zero-order valence-electron chi connectivity index (χ0n) is 26.9. The van der Waals surface area contributed by atoms with Crippen molar-refractivity contribution in [3.05, 3.63) is 107 Å². The molecule has 0 aliphatic rings. The Bertz CT molecular complexity index is 1860. The second-order valence-electron chi connectivity index (χ2n) is 13.2. The van der Waals surface area contributed by atoms with Crippen molar-refractivity contribution in [2.45, 2.75) is 83.5 Å². The molecular weight excluding hydrogens is 616 g/mol. The standard InChI is InChI=1S/C37H37F6N3O/c1-6-7-11-16-34(2,3)26-21-29(35(4,5)25-12-9-8-10-13-25)33(47)32(22-26)46-44-30-15-14-23(19-31(30)45-46)24-17-27(36(38,39)40)20-28(18-24)37(41,42)43/h8-10,12-15,17-22,47H,6-7,11,16H2,1-5H3. The topological polar surface area (TPSA) is 50.9 Å². The highest BCUT2D eigenvalue weighted by atomic mass is 19.4. The van der Waals surface area contributed by atoms with Gasteiger partial charge in [0, 0.05) is 11.0 Å². The normalized spacial score (nSPS) is 13.0. The summed E-state index contributed by atoms with van der Waals surface area (Å²) in [6, 6.07) is 19.5. The number of halogens is 6. The van der Waals surface area contributed by atoms with Crippen molar-refractivity contribution >= 4 is 11.0 Å². The maximum atomic E-state index is 13.5. The molecule has 0 aliphatic carbocycles. The molecule has 1 N–H and O–H groups in total. The van der Waals surface area contributed by atoms with Gasteiger partial charge in [0.25, 0.3) is 0 Å². The van der Waals surface area contributed by atoms with E-state index in [0.717, 1.165) is 36.8 Å². The largest absolute Gasteiger partial charge is 0.505 e. The van der Waals surface area contributed by atoms with Gasteiger partial charge in [-0.3, -0.25) is 0 Å². The van der Waals surface area contributed by atoms with Crippen LogP contribution in [0.25, 0.3) is 27.8 Å². The minimum atomic E-state index is -4.97. The van der Waals surface area contributed by atoms with Crippen molar-refractivity contribution in [1.82, 2.24) is 15.0 Å². The van der Waals surface area contributed by atoms with Gasteiger partial charge in [0.05, 0.1) is 11.1 Å². The van der Waals surface area contributed by atoms with Gasteiger partial charge < -0.3 is 5.11 Å². The van der Waals surface area contributed by atoms with Crippen LogP contribution >= 0.6 is 0 Å². The van der Waals surface area contributed by atoms with Crippen LogP contribution in [0.2, 0.25) is 0 Å². The van der Waals surface area contributed by atoms with Crippen molar-refractivity contribution in [1.29, 1.82) is 0 Å². The lowest BCUT2D eigenvalue weighted by Gasteiger charge is -2.32. The van der Waals surface area contributed by atoms with E-state index < -0.39 is 28.9 Å². The summed E-state index contributed by atoms with van der Waals surface area (Å²) in [5.41, 5.74) is -0.269. The number of hydrogen-bond donors (Lipinski definition) is 1. The summed E-state index contributed by atoms with van der Waals surface area (Å²) in [4.78, 5) is 1.28. The average molecular weight is 654 g/mol. The zero-order chi connectivity index (χ0) is 34.4. The fourth-order valence-electron chi connectivity index (χ4n) is 5.93. The van der Waals surface area contributed by atoms with Crippen molar-refractivity contribution in [2.24, 2.45) is 0 Å². The maximum absolute atomic E-state index is 13.5. The minimum Gasteiger partial charge on any atom is -0.505 e. The molecule has 0 saturated heterocycles. The molecule has 0 fully saturated rings. The molecule has 0 amide bonds. The number of alkyl halides is 6. The number of aromatic nitrogens is 3. The van der Waals surface area contributed by atoms with E-state index in [0.29, 0.717) is 28.9 Å². The molecule has 4 aromatic carbocycles. The Hall–Kier alpha value is -4.34. The summed E-state index contributed by atoms with van der Waals surface area (Å²) in [7, 11) is 0. The zero-order valence-corrected chi connectivity index (χ0v) is 26.9. The van der Waals surface area contributed by atoms with Gasteiger partial charge in [-0.2, -0.15) is 26.3 Å². The van der Waals surface area contributed by atoms with Crippen LogP contribution in [0.5, 0.6) is 5.75 Å². The molecule has 0 atom stereocenters. The van der Waals surface area contributed by atoms with Crippen LogP contribution in [0.4, 0.5) is 26.3 Å². The number of fused-ring (bicyclic) bond motifs is 1. The molecule has 0 saturated carbocycles. The number of rotatable bonds is 9. The maximum Gasteiger partial charge on any atom is 0.416 e. The van der Waals surface area contributed by atoms with E-state index in [1.165, 1.54) is 23.0 Å². The third kappa shape index (κ3) is 7.01. The van der Waals surface area contributed by atoms with Crippen LogP contribution in [0, 0.1) is 0 Å². The van der Waals surface area contributed by atoms with Gasteiger partial charge in [-0.25, -0.2) is 0 Å². The van der Waals surface area contributed by atoms with Gasteiger partial charge in [-0.15, -0.1) is 15.0 Å². The molecule has 0 unspecified atom stereocenters. The minimum absolute atomic E-state index is 0.0276. The van der Waals surface area contributed by atoms with Gasteiger partial charge >= 0.3 is 12.4 Å². The van der Waals surface area contributed by atoms with Crippen LogP contribution < -0.4 is 0 Å². The second kappa shape index (κ2) is 12.4. The Balaban J connectivity index is 1.66. The molecule has 5 rings (SSSR count). The van der Waals surface area contributed by atoms with Crippen molar-refractivity contribution in [3.8, 4) is 22.6 Å². The van der Waals surface area contributed by atoms with Crippen molar-refractivity contribution in [2.75, 3.05) is 0 Å². The summed E-state index contributed by atoms with van der Waals surface area (Å²) in [6.45, 7) is 10.5. The van der Waals surface area contributed by atoms with Crippen LogP contribution in [-0.2, 0) is 23.2 Å². The molecule has 47 heavy (non-hydrogen) atoms. The Morgan fingerprint density at radius 1 is 0.638 bits per heavy atom. The predicted molar refractivity (Wildman–Crippen MR) is 172 cm³/mol. The summed E-state index contributed by atoms with van der Waals surface area (Å²) < 4.78 is 81.3. The number of hydrogen-bond acceptors (Lipinski definition) is 3. The third-order valence-corrected chi connectivity index (χ3v) is 8.96. The quantitative estimate of drug-likeness (QED) is 0.127. The highest BCUT2D eigenvalue weighted by Crippen LogP contribution is 2.44. The number of phenols is 1. The summed E-state index contributed by atoms with van der Waals surface area (Å²) in [5, 5.41) is 20.9. The van der Waals surface area contributed by atoms with E-state index in [1.54, 1.807) is 0 Å². The van der Waals surface area contributed by atoms with Crippen LogP contribution in [-0.4, -0.2) is 20.1 Å². The second-order valence-corrected chi connectivity index (χ2v) is 13.2. The smallest absolute Gasteiger partial charge is 0.416 e. The molecule has 0 spiro atoms. The number of benzene rings is 4. The molecule has 0 bridgehead atoms. The van der Waals surface area contributed by atoms with Gasteiger partial charge in [0.15, 0.2) is 0 Å². The molecule has 1 heterocycles. The first-order valence-corrected chi connectivity index (χ1v) is 15.5. The molecule has 0 radical (unpaired) electrons. The molecule has 10 heteroatoms. The van der Waals surface area contributed by atoms with Gasteiger partial charge in [-0.1, -0.05) is 96.3 Å². The SMILES string of the molecule is CCCCCC(C)(C)c1cc(-n2nc3ccc(-c4cc(C(F)(F)F)cc(C(F)(F)F)c4)cc3n2)c(O)c(C(C)(C)c2ccccc2)c1. The first-order valence-electron chi connectivity index (χ1n) is 15.5. The number of unbranched alkanes of at least 4 members (excludes halogenated alkanes) is 2. The lowest BCUT2D eigenvalue weighted by atomic mass is 9.73. The molecule has 0 aliphatic heterocycles. The van der Waals surface area contributed by atoms with E-state index in [9.17, 15) is 31.4 Å². The van der Waals surface area contributed by atoms with Gasteiger partial charge in [0.1, 0.15) is 22.5 Å². The van der Waals surface area contributed by atoms with Crippen LogP contribution in [0.1, 0.15) is 88.1 Å². The van der Waals surface area contributed by atoms with Crippen molar-refractivity contribution < 1.29 is 31.4 Å². The monoisotopic (exact) mass is 653 g/mol. The third-order valence-electron chi connectivity index (χ3n) is 8.96. The van der Waals surface area contributed by atoms with Crippen LogP contribution in [0.3, 0.4) is 0 Å². The number of nitrogens with zero attached hydrogens (tertiary/aromatic N) is 3. The first kappa shape index (κ1) is 34.0. The first-order chi connectivity index (χ1) is 21.9. The highest BCUT2D eigenvalue weighted by Gasteiger charge is 2.37. The fourth-order valence-corrected chi connectivity index (χ4v) is 5.93. The molecule has 248 valence electrons. The van der Waals surface area contributed by atoms with E-state index in [1.807, 2.05) is 56.3 Å². The van der Waals surface area contributed by atoms with Gasteiger partial charge in [0.2, 0.25) is 0 Å². The Morgan fingerprint density at radius 2 is 1.26 bits per heavy atom. The Morgan fingerprint density at radius 3 is 1.85 bits per heavy atom. The molecule has 4 nitrogen and oxygen atoms in total. The van der Waals surface area contributed by atoms with Crippen molar-refractivity contribution in [3.63, 3.8) is 0 Å². The molecule has 5 aromatic rings. The van der Waals surface area contributed by atoms with E-state index in [-0.39, 0.29) is 33.9 Å². The number of phenolic OH excluding ortho intramolecular Hbond substituents is 1. The fraction of sp³-hybridized carbons (Fsp3) is 0.351. The van der Waals surface area contributed by atoms with Gasteiger partial charge in [-0.05, 0) is 70.5 Å². The highest BCUT2D eigenvalue weighted by molar-refractivity contribution is 5.82. The summed E-state index contributed by atoms with van der Waals surface area (Å²) >= 11 is 0. The summed E-state index contributed by atoms with van der Waals surface area (Å²) in [6.07, 6.45) is -5.85. The Kier molecular flexibility index (Phi) is 8.94. The summed E-state index contributed by atoms with van der Waals surface area (Å²) in [5.74, 6) is -0.0276. The van der Waals surface area contributed by atoms with E-state index in [4.69, 9.17) is 0 Å². The lowest BCUT2D eigenvalue weighted by Crippen LogP contribution is -2.23. The van der Waals surface area contributed by atoms with E-state index >= 15 is 0 Å². The average Bonchev–Trinajstić information content (AvgIpc) is 3.43. The predicted octanol–water partition coefficient (Wildman–Crippen LogP) is 11.0. The molecule has 1 aromatic heterocycles. The Labute approximate surface area is 270 Å². The van der Waals surface area contributed by atoms with Crippen LogP contribution in [0.15, 0.2) is 78.9 Å². The van der Waals surface area contributed by atoms with E-state index in [2.05, 4.69) is 31.0 Å². The molecular formula is C37H37F6N3O.